The maximum Gasteiger partial charge on any atom is 0.321 e. The highest BCUT2D eigenvalue weighted by Gasteiger charge is 2.16. The predicted octanol–water partition coefficient (Wildman–Crippen LogP) is 3.00. The predicted molar refractivity (Wildman–Crippen MR) is 101 cm³/mol. The van der Waals surface area contributed by atoms with Crippen LogP contribution in [0.15, 0.2) is 63.1 Å². The molecule has 0 aromatic carbocycles. The van der Waals surface area contributed by atoms with Crippen LogP contribution in [0.3, 0.4) is 0 Å². The molecule has 0 unspecified atom stereocenters. The van der Waals surface area contributed by atoms with Crippen LogP contribution in [0.4, 0.5) is 4.79 Å². The smallest absolute Gasteiger partial charge is 0.321 e. The van der Waals surface area contributed by atoms with Gasteiger partial charge in [0.25, 0.3) is 0 Å². The van der Waals surface area contributed by atoms with Gasteiger partial charge in [-0.05, 0) is 42.1 Å². The van der Waals surface area contributed by atoms with E-state index in [1.54, 1.807) is 36.0 Å². The molecule has 8 heteroatoms. The third-order valence-electron chi connectivity index (χ3n) is 3.78. The lowest BCUT2D eigenvalue weighted by Crippen LogP contribution is -2.44. The van der Waals surface area contributed by atoms with Gasteiger partial charge in [-0.2, -0.15) is 0 Å². The van der Waals surface area contributed by atoms with Crippen molar-refractivity contribution < 1.29 is 18.4 Å². The minimum Gasteiger partial charge on any atom is -0.468 e. The van der Waals surface area contributed by atoms with Crippen molar-refractivity contribution in [2.75, 3.05) is 13.1 Å². The van der Waals surface area contributed by atoms with Gasteiger partial charge in [-0.25, -0.2) is 4.79 Å². The SMILES string of the molecule is O=C(CN(Cc1ccco1)Cc1ccco1)NC(=O)NCCc1cccs1. The fourth-order valence-corrected chi connectivity index (χ4v) is 3.29. The molecule has 3 aromatic rings. The minimum atomic E-state index is -0.493. The third kappa shape index (κ3) is 6.43. The second-order valence-electron chi connectivity index (χ2n) is 5.94. The first-order valence-electron chi connectivity index (χ1n) is 8.56. The largest absolute Gasteiger partial charge is 0.468 e. The fourth-order valence-electron chi connectivity index (χ4n) is 2.58. The first-order valence-corrected chi connectivity index (χ1v) is 9.44. The number of urea groups is 1. The van der Waals surface area contributed by atoms with Gasteiger partial charge in [-0.1, -0.05) is 6.07 Å². The maximum atomic E-state index is 12.2. The summed E-state index contributed by atoms with van der Waals surface area (Å²) in [5.74, 6) is 1.08. The molecule has 142 valence electrons. The first kappa shape index (κ1) is 18.9. The molecule has 0 radical (unpaired) electrons. The van der Waals surface area contributed by atoms with E-state index in [0.29, 0.717) is 19.6 Å². The Labute approximate surface area is 161 Å². The van der Waals surface area contributed by atoms with Crippen molar-refractivity contribution in [3.05, 3.63) is 70.7 Å². The van der Waals surface area contributed by atoms with E-state index in [4.69, 9.17) is 8.83 Å². The molecular formula is C19H21N3O4S. The lowest BCUT2D eigenvalue weighted by atomic mass is 10.3. The topological polar surface area (TPSA) is 87.7 Å². The average Bonchev–Trinajstić information content (AvgIpc) is 3.38. The third-order valence-corrected chi connectivity index (χ3v) is 4.71. The van der Waals surface area contributed by atoms with Crippen LogP contribution >= 0.6 is 11.3 Å². The van der Waals surface area contributed by atoms with Crippen LogP contribution < -0.4 is 10.6 Å². The highest BCUT2D eigenvalue weighted by Crippen LogP contribution is 2.11. The minimum absolute atomic E-state index is 0.0414. The Morgan fingerprint density at radius 3 is 2.26 bits per heavy atom. The van der Waals surface area contributed by atoms with Crippen molar-refractivity contribution in [1.82, 2.24) is 15.5 Å². The summed E-state index contributed by atoms with van der Waals surface area (Å²) in [6.07, 6.45) is 3.91. The molecule has 0 bridgehead atoms. The molecule has 3 rings (SSSR count). The van der Waals surface area contributed by atoms with E-state index in [1.165, 1.54) is 4.88 Å². The van der Waals surface area contributed by atoms with Crippen LogP contribution in [0.1, 0.15) is 16.4 Å². The number of amides is 3. The van der Waals surface area contributed by atoms with Gasteiger partial charge in [0.15, 0.2) is 0 Å². The van der Waals surface area contributed by atoms with E-state index in [2.05, 4.69) is 10.6 Å². The van der Waals surface area contributed by atoms with E-state index < -0.39 is 6.03 Å². The number of nitrogens with one attached hydrogen (secondary N) is 2. The number of furan rings is 2. The Kier molecular flexibility index (Phi) is 6.84. The van der Waals surface area contributed by atoms with Crippen molar-refractivity contribution in [1.29, 1.82) is 0 Å². The van der Waals surface area contributed by atoms with Gasteiger partial charge in [0.2, 0.25) is 5.91 Å². The quantitative estimate of drug-likeness (QED) is 0.589. The molecular weight excluding hydrogens is 366 g/mol. The Hall–Kier alpha value is -2.84. The summed E-state index contributed by atoms with van der Waals surface area (Å²) in [5, 5.41) is 7.05. The molecule has 0 atom stereocenters. The number of nitrogens with zero attached hydrogens (tertiary/aromatic N) is 1. The number of imide groups is 1. The summed E-state index contributed by atoms with van der Waals surface area (Å²) in [5.41, 5.74) is 0. The number of hydrogen-bond donors (Lipinski definition) is 2. The summed E-state index contributed by atoms with van der Waals surface area (Å²) in [6.45, 7) is 1.38. The molecule has 0 saturated carbocycles. The average molecular weight is 387 g/mol. The monoisotopic (exact) mass is 387 g/mol. The van der Waals surface area contributed by atoms with E-state index in [1.807, 2.05) is 34.5 Å². The highest BCUT2D eigenvalue weighted by atomic mass is 32.1. The Morgan fingerprint density at radius 2 is 1.70 bits per heavy atom. The van der Waals surface area contributed by atoms with Gasteiger partial charge in [-0.15, -0.1) is 11.3 Å². The van der Waals surface area contributed by atoms with E-state index in [9.17, 15) is 9.59 Å². The standard InChI is InChI=1S/C19H21N3O4S/c23-18(21-19(24)20-8-7-17-6-3-11-27-17)14-22(12-15-4-1-9-25-15)13-16-5-2-10-26-16/h1-6,9-11H,7-8,12-14H2,(H2,20,21,23,24). The molecule has 27 heavy (non-hydrogen) atoms. The summed E-state index contributed by atoms with van der Waals surface area (Å²) >= 11 is 1.64. The Morgan fingerprint density at radius 1 is 1.00 bits per heavy atom. The number of carbonyl (C=O) groups excluding carboxylic acids is 2. The molecule has 3 heterocycles. The zero-order valence-corrected chi connectivity index (χ0v) is 15.5. The van der Waals surface area contributed by atoms with Gasteiger partial charge in [-0.3, -0.25) is 15.0 Å². The molecule has 7 nitrogen and oxygen atoms in total. The van der Waals surface area contributed by atoms with Crippen molar-refractivity contribution in [3.8, 4) is 0 Å². The van der Waals surface area contributed by atoms with E-state index in [-0.39, 0.29) is 12.5 Å². The van der Waals surface area contributed by atoms with Gasteiger partial charge in [0.05, 0.1) is 32.2 Å². The van der Waals surface area contributed by atoms with Crippen molar-refractivity contribution in [2.45, 2.75) is 19.5 Å². The normalized spacial score (nSPS) is 10.9. The van der Waals surface area contributed by atoms with Gasteiger partial charge >= 0.3 is 6.03 Å². The molecule has 0 aliphatic rings. The van der Waals surface area contributed by atoms with E-state index in [0.717, 1.165) is 17.9 Å². The van der Waals surface area contributed by atoms with Crippen LogP contribution in [-0.4, -0.2) is 29.9 Å². The summed E-state index contributed by atoms with van der Waals surface area (Å²) in [4.78, 5) is 27.2. The molecule has 3 amide bonds. The van der Waals surface area contributed by atoms with Crippen molar-refractivity contribution >= 4 is 23.3 Å². The second-order valence-corrected chi connectivity index (χ2v) is 6.97. The second kappa shape index (κ2) is 9.75. The lowest BCUT2D eigenvalue weighted by Gasteiger charge is -2.19. The van der Waals surface area contributed by atoms with Crippen molar-refractivity contribution in [3.63, 3.8) is 0 Å². The molecule has 0 fully saturated rings. The van der Waals surface area contributed by atoms with Crippen molar-refractivity contribution in [2.24, 2.45) is 0 Å². The molecule has 0 spiro atoms. The Balaban J connectivity index is 1.46. The van der Waals surface area contributed by atoms with E-state index >= 15 is 0 Å². The highest BCUT2D eigenvalue weighted by molar-refractivity contribution is 7.09. The molecule has 0 aliphatic heterocycles. The summed E-state index contributed by atoms with van der Waals surface area (Å²) in [6, 6.07) is 10.7. The van der Waals surface area contributed by atoms with Crippen LogP contribution in [0.5, 0.6) is 0 Å². The molecule has 0 aliphatic carbocycles. The molecule has 0 saturated heterocycles. The van der Waals surface area contributed by atoms with Crippen LogP contribution in [0.2, 0.25) is 0 Å². The van der Waals surface area contributed by atoms with Crippen LogP contribution in [-0.2, 0) is 24.3 Å². The Bertz CT molecular complexity index is 777. The summed E-state index contributed by atoms with van der Waals surface area (Å²) in [7, 11) is 0. The lowest BCUT2D eigenvalue weighted by molar-refractivity contribution is -0.121. The number of hydrogen-bond acceptors (Lipinski definition) is 6. The zero-order valence-electron chi connectivity index (χ0n) is 14.7. The first-order chi connectivity index (χ1) is 13.2. The molecule has 2 N–H and O–H groups in total. The number of rotatable bonds is 9. The maximum absolute atomic E-state index is 12.2. The zero-order chi connectivity index (χ0) is 18.9. The van der Waals surface area contributed by atoms with Gasteiger partial charge < -0.3 is 14.2 Å². The molecule has 3 aromatic heterocycles. The van der Waals surface area contributed by atoms with Gasteiger partial charge in [0.1, 0.15) is 11.5 Å². The summed E-state index contributed by atoms with van der Waals surface area (Å²) < 4.78 is 10.7. The van der Waals surface area contributed by atoms with Crippen LogP contribution in [0.25, 0.3) is 0 Å². The number of carbonyl (C=O) groups is 2. The number of thiophene rings is 1. The van der Waals surface area contributed by atoms with Gasteiger partial charge in [0, 0.05) is 11.4 Å². The fraction of sp³-hybridized carbons (Fsp3) is 0.263. The van der Waals surface area contributed by atoms with Crippen LogP contribution in [0, 0.1) is 0 Å².